The van der Waals surface area contributed by atoms with Crippen LogP contribution in [0.3, 0.4) is 0 Å². The molecule has 0 fully saturated rings. The molecule has 0 radical (unpaired) electrons. The third kappa shape index (κ3) is 3.35. The van der Waals surface area contributed by atoms with E-state index in [1.165, 1.54) is 18.2 Å². The first kappa shape index (κ1) is 18.1. The Labute approximate surface area is 154 Å². The van der Waals surface area contributed by atoms with Crippen molar-refractivity contribution in [3.05, 3.63) is 63.0 Å². The Balaban J connectivity index is 1.89. The summed E-state index contributed by atoms with van der Waals surface area (Å²) in [5.74, 6) is -0.270. The molecule has 0 bridgehead atoms. The number of anilines is 1. The van der Waals surface area contributed by atoms with Crippen LogP contribution in [0, 0.1) is 33.5 Å². The van der Waals surface area contributed by atoms with Crippen molar-refractivity contribution in [1.29, 1.82) is 0 Å². The van der Waals surface area contributed by atoms with Crippen molar-refractivity contribution in [2.75, 3.05) is 5.32 Å². The molecule has 6 nitrogen and oxygen atoms in total. The number of benzene rings is 1. The minimum absolute atomic E-state index is 0.162. The number of rotatable bonds is 4. The molecule has 3 aromatic rings. The summed E-state index contributed by atoms with van der Waals surface area (Å²) in [6.07, 6.45) is 0. The number of amides is 1. The second kappa shape index (κ2) is 6.92. The number of nitrogens with one attached hydrogen (secondary N) is 1. The van der Waals surface area contributed by atoms with E-state index in [4.69, 9.17) is 16.1 Å². The topological polar surface area (TPSA) is 73.0 Å². The molecule has 3 rings (SSSR count). The number of hydrogen-bond acceptors (Lipinski definition) is 4. The van der Waals surface area contributed by atoms with E-state index >= 15 is 0 Å². The Kier molecular flexibility index (Phi) is 4.82. The normalized spacial score (nSPS) is 11.0. The molecule has 0 spiro atoms. The van der Waals surface area contributed by atoms with Gasteiger partial charge in [0.25, 0.3) is 5.91 Å². The van der Waals surface area contributed by atoms with Gasteiger partial charge in [0.2, 0.25) is 0 Å². The molecule has 1 N–H and O–H groups in total. The summed E-state index contributed by atoms with van der Waals surface area (Å²) in [5.41, 5.74) is 3.42. The number of aryl methyl sites for hydroxylation is 3. The van der Waals surface area contributed by atoms with Crippen LogP contribution in [-0.4, -0.2) is 20.8 Å². The fourth-order valence-corrected chi connectivity index (χ4v) is 2.82. The van der Waals surface area contributed by atoms with Crippen LogP contribution in [0.2, 0.25) is 5.02 Å². The van der Waals surface area contributed by atoms with Crippen molar-refractivity contribution >= 4 is 23.2 Å². The number of aromatic nitrogens is 3. The lowest BCUT2D eigenvalue weighted by Gasteiger charge is -2.09. The van der Waals surface area contributed by atoms with Gasteiger partial charge in [-0.15, -0.1) is 0 Å². The van der Waals surface area contributed by atoms with Gasteiger partial charge in [-0.2, -0.15) is 5.10 Å². The number of hydrogen-bond donors (Lipinski definition) is 1. The van der Waals surface area contributed by atoms with Crippen LogP contribution in [0.5, 0.6) is 0 Å². The van der Waals surface area contributed by atoms with Crippen molar-refractivity contribution in [2.45, 2.75) is 34.2 Å². The lowest BCUT2D eigenvalue weighted by Crippen LogP contribution is -2.17. The molecule has 2 heterocycles. The van der Waals surface area contributed by atoms with E-state index < -0.39 is 5.91 Å². The molecule has 0 unspecified atom stereocenters. The van der Waals surface area contributed by atoms with Crippen LogP contribution < -0.4 is 5.32 Å². The summed E-state index contributed by atoms with van der Waals surface area (Å²) in [6, 6.07) is 4.15. The van der Waals surface area contributed by atoms with E-state index in [-0.39, 0.29) is 11.5 Å². The van der Waals surface area contributed by atoms with Gasteiger partial charge < -0.3 is 9.84 Å². The molecule has 2 aromatic heterocycles. The average molecular weight is 377 g/mol. The molecular formula is C18H18ClFN4O2. The van der Waals surface area contributed by atoms with Crippen molar-refractivity contribution < 1.29 is 13.7 Å². The lowest BCUT2D eigenvalue weighted by atomic mass is 10.1. The summed E-state index contributed by atoms with van der Waals surface area (Å²) in [5, 5.41) is 11.6. The monoisotopic (exact) mass is 376 g/mol. The zero-order chi connectivity index (χ0) is 19.0. The quantitative estimate of drug-likeness (QED) is 0.740. The van der Waals surface area contributed by atoms with Gasteiger partial charge in [-0.05, 0) is 51.5 Å². The second-order valence-electron chi connectivity index (χ2n) is 6.12. The van der Waals surface area contributed by atoms with E-state index in [9.17, 15) is 9.18 Å². The van der Waals surface area contributed by atoms with Crippen LogP contribution in [0.25, 0.3) is 0 Å². The highest BCUT2D eigenvalue weighted by Gasteiger charge is 2.22. The fourth-order valence-electron chi connectivity index (χ4n) is 2.68. The summed E-state index contributed by atoms with van der Waals surface area (Å²) in [6.45, 7) is 7.42. The second-order valence-corrected chi connectivity index (χ2v) is 6.50. The molecule has 26 heavy (non-hydrogen) atoms. The number of nitrogens with zero attached hydrogens (tertiary/aromatic N) is 3. The predicted octanol–water partition coefficient (Wildman–Crippen LogP) is 4.20. The van der Waals surface area contributed by atoms with Gasteiger partial charge in [-0.1, -0.05) is 16.8 Å². The van der Waals surface area contributed by atoms with Gasteiger partial charge in [-0.25, -0.2) is 4.39 Å². The van der Waals surface area contributed by atoms with Crippen LogP contribution in [0.15, 0.2) is 22.7 Å². The van der Waals surface area contributed by atoms with Gasteiger partial charge in [0.05, 0.1) is 23.0 Å². The van der Waals surface area contributed by atoms with Gasteiger partial charge in [0.1, 0.15) is 11.6 Å². The first-order chi connectivity index (χ1) is 12.3. The minimum atomic E-state index is -0.431. The molecule has 8 heteroatoms. The first-order valence-electron chi connectivity index (χ1n) is 8.00. The maximum absolute atomic E-state index is 13.2. The zero-order valence-electron chi connectivity index (χ0n) is 14.9. The molecule has 0 saturated carbocycles. The Morgan fingerprint density at radius 1 is 1.31 bits per heavy atom. The molecule has 0 atom stereocenters. The van der Waals surface area contributed by atoms with Crippen molar-refractivity contribution in [3.8, 4) is 0 Å². The Morgan fingerprint density at radius 2 is 2.04 bits per heavy atom. The van der Waals surface area contributed by atoms with Crippen LogP contribution >= 0.6 is 11.6 Å². The summed E-state index contributed by atoms with van der Waals surface area (Å²) < 4.78 is 20.1. The molecule has 1 aromatic carbocycles. The van der Waals surface area contributed by atoms with Crippen LogP contribution in [0.4, 0.5) is 10.1 Å². The van der Waals surface area contributed by atoms with Crippen molar-refractivity contribution in [2.24, 2.45) is 0 Å². The number of carbonyl (C=O) groups is 1. The van der Waals surface area contributed by atoms with Gasteiger partial charge >= 0.3 is 0 Å². The van der Waals surface area contributed by atoms with Crippen LogP contribution in [0.1, 0.15) is 38.8 Å². The smallest absolute Gasteiger partial charge is 0.278 e. The minimum Gasteiger partial charge on any atom is -0.361 e. The maximum Gasteiger partial charge on any atom is 0.278 e. The predicted molar refractivity (Wildman–Crippen MR) is 96.1 cm³/mol. The van der Waals surface area contributed by atoms with Gasteiger partial charge in [-0.3, -0.25) is 9.48 Å². The summed E-state index contributed by atoms with van der Waals surface area (Å²) in [4.78, 5) is 12.6. The standard InChI is InChI=1S/C18H18ClFN4O2/c1-9-7-13(20)5-6-15(9)21-18(25)17-14(12(4)26-23-17)8-24-11(3)16(19)10(2)22-24/h5-7H,8H2,1-4H3,(H,21,25). The molecular weight excluding hydrogens is 359 g/mol. The van der Waals surface area contributed by atoms with Gasteiger partial charge in [0, 0.05) is 11.3 Å². The largest absolute Gasteiger partial charge is 0.361 e. The third-order valence-electron chi connectivity index (χ3n) is 4.24. The molecule has 136 valence electrons. The Morgan fingerprint density at radius 3 is 2.65 bits per heavy atom. The third-order valence-corrected chi connectivity index (χ3v) is 4.78. The highest BCUT2D eigenvalue weighted by atomic mass is 35.5. The van der Waals surface area contributed by atoms with Crippen molar-refractivity contribution in [3.63, 3.8) is 0 Å². The van der Waals surface area contributed by atoms with E-state index in [0.29, 0.717) is 39.8 Å². The van der Waals surface area contributed by atoms with Gasteiger partial charge in [0.15, 0.2) is 5.69 Å². The zero-order valence-corrected chi connectivity index (χ0v) is 15.6. The Bertz CT molecular complexity index is 993. The number of halogens is 2. The maximum atomic E-state index is 13.2. The van der Waals surface area contributed by atoms with E-state index in [1.807, 2.05) is 13.8 Å². The molecule has 1 amide bonds. The summed E-state index contributed by atoms with van der Waals surface area (Å²) >= 11 is 6.19. The van der Waals surface area contributed by atoms with Crippen LogP contribution in [-0.2, 0) is 6.54 Å². The Hall–Kier alpha value is -2.67. The highest BCUT2D eigenvalue weighted by molar-refractivity contribution is 6.31. The molecule has 0 aliphatic heterocycles. The highest BCUT2D eigenvalue weighted by Crippen LogP contribution is 2.23. The van der Waals surface area contributed by atoms with E-state index in [2.05, 4.69) is 15.6 Å². The molecule has 0 saturated heterocycles. The SMILES string of the molecule is Cc1cc(F)ccc1NC(=O)c1noc(C)c1Cn1nc(C)c(Cl)c1C. The summed E-state index contributed by atoms with van der Waals surface area (Å²) in [7, 11) is 0. The molecule has 0 aliphatic carbocycles. The van der Waals surface area contributed by atoms with E-state index in [0.717, 1.165) is 5.69 Å². The average Bonchev–Trinajstić information content (AvgIpc) is 3.06. The lowest BCUT2D eigenvalue weighted by molar-refractivity contribution is 0.101. The number of carbonyl (C=O) groups excluding carboxylic acids is 1. The van der Waals surface area contributed by atoms with E-state index in [1.54, 1.807) is 18.5 Å². The fraction of sp³-hybridized carbons (Fsp3) is 0.278. The first-order valence-corrected chi connectivity index (χ1v) is 8.38. The van der Waals surface area contributed by atoms with Crippen molar-refractivity contribution in [1.82, 2.24) is 14.9 Å². The molecule has 0 aliphatic rings.